The Morgan fingerprint density at radius 1 is 1.53 bits per heavy atom. The van der Waals surface area contributed by atoms with Gasteiger partial charge in [0.1, 0.15) is 5.76 Å². The Labute approximate surface area is 114 Å². The fourth-order valence-corrected chi connectivity index (χ4v) is 2.54. The van der Waals surface area contributed by atoms with E-state index in [1.165, 1.54) is 6.39 Å². The van der Waals surface area contributed by atoms with E-state index >= 15 is 0 Å². The van der Waals surface area contributed by atoms with E-state index in [1.54, 1.807) is 0 Å². The number of hydrogen-bond donors (Lipinski definition) is 1. The Bertz CT molecular complexity index is 451. The van der Waals surface area contributed by atoms with Gasteiger partial charge < -0.3 is 9.73 Å². The lowest BCUT2D eigenvalue weighted by molar-refractivity contribution is -0.122. The predicted octanol–water partition coefficient (Wildman–Crippen LogP) is 1.90. The Kier molecular flexibility index (Phi) is 3.94. The maximum atomic E-state index is 11.6. The minimum atomic E-state index is -0.159. The Morgan fingerprint density at radius 3 is 2.95 bits per heavy atom. The summed E-state index contributed by atoms with van der Waals surface area (Å²) in [6.45, 7) is 10.7. The van der Waals surface area contributed by atoms with Crippen molar-refractivity contribution >= 4 is 5.91 Å². The highest BCUT2D eigenvalue weighted by Crippen LogP contribution is 2.26. The van der Waals surface area contributed by atoms with Gasteiger partial charge >= 0.3 is 0 Å². The van der Waals surface area contributed by atoms with Crippen LogP contribution in [0.4, 0.5) is 0 Å². The van der Waals surface area contributed by atoms with Gasteiger partial charge in [-0.25, -0.2) is 4.98 Å². The van der Waals surface area contributed by atoms with Crippen LogP contribution in [0.25, 0.3) is 0 Å². The first-order chi connectivity index (χ1) is 8.90. The highest BCUT2D eigenvalue weighted by Gasteiger charge is 2.32. The molecule has 1 amide bonds. The molecule has 5 heteroatoms. The third-order valence-electron chi connectivity index (χ3n) is 3.69. The summed E-state index contributed by atoms with van der Waals surface area (Å²) in [7, 11) is 0. The van der Waals surface area contributed by atoms with Crippen molar-refractivity contribution in [2.75, 3.05) is 13.1 Å². The smallest absolute Gasteiger partial charge is 0.221 e. The normalized spacial score (nSPS) is 20.4. The highest BCUT2D eigenvalue weighted by molar-refractivity contribution is 5.77. The first-order valence-electron chi connectivity index (χ1n) is 6.84. The maximum Gasteiger partial charge on any atom is 0.221 e. The first kappa shape index (κ1) is 14.1. The molecule has 2 rings (SSSR count). The standard InChI is InChI=1S/C14H23N3O2/c1-10(2)13-11(16-9-19-13)8-17-6-5-15-12(18)7-14(17,3)4/h9-10H,5-8H2,1-4H3,(H,15,18). The van der Waals surface area contributed by atoms with Gasteiger partial charge in [0.25, 0.3) is 0 Å². The zero-order valence-corrected chi connectivity index (χ0v) is 12.2. The zero-order valence-electron chi connectivity index (χ0n) is 12.2. The van der Waals surface area contributed by atoms with E-state index in [0.29, 0.717) is 18.9 Å². The van der Waals surface area contributed by atoms with Crippen molar-refractivity contribution in [2.45, 2.75) is 52.1 Å². The van der Waals surface area contributed by atoms with Crippen LogP contribution < -0.4 is 5.32 Å². The number of aromatic nitrogens is 1. The van der Waals surface area contributed by atoms with E-state index in [2.05, 4.69) is 42.9 Å². The summed E-state index contributed by atoms with van der Waals surface area (Å²) in [6, 6.07) is 0. The second kappa shape index (κ2) is 5.33. The van der Waals surface area contributed by atoms with E-state index in [0.717, 1.165) is 24.5 Å². The van der Waals surface area contributed by atoms with Crippen molar-refractivity contribution in [1.29, 1.82) is 0 Å². The fraction of sp³-hybridized carbons (Fsp3) is 0.714. The average molecular weight is 265 g/mol. The molecule has 0 aromatic carbocycles. The van der Waals surface area contributed by atoms with Crippen molar-refractivity contribution in [3.05, 3.63) is 17.8 Å². The van der Waals surface area contributed by atoms with Gasteiger partial charge in [-0.1, -0.05) is 13.8 Å². The Morgan fingerprint density at radius 2 is 2.26 bits per heavy atom. The summed E-state index contributed by atoms with van der Waals surface area (Å²) < 4.78 is 5.47. The Hall–Kier alpha value is -1.36. The lowest BCUT2D eigenvalue weighted by atomic mass is 9.97. The lowest BCUT2D eigenvalue weighted by Crippen LogP contribution is -2.44. The number of carbonyl (C=O) groups excluding carboxylic acids is 1. The lowest BCUT2D eigenvalue weighted by Gasteiger charge is -2.35. The summed E-state index contributed by atoms with van der Waals surface area (Å²) in [5.74, 6) is 1.39. The molecule has 1 fully saturated rings. The van der Waals surface area contributed by atoms with Crippen LogP contribution >= 0.6 is 0 Å². The van der Waals surface area contributed by atoms with E-state index in [-0.39, 0.29) is 11.4 Å². The predicted molar refractivity (Wildman–Crippen MR) is 72.7 cm³/mol. The molecule has 1 aliphatic rings. The molecule has 5 nitrogen and oxygen atoms in total. The van der Waals surface area contributed by atoms with E-state index in [9.17, 15) is 4.79 Å². The van der Waals surface area contributed by atoms with Crippen LogP contribution in [0, 0.1) is 0 Å². The molecule has 1 aliphatic heterocycles. The van der Waals surface area contributed by atoms with Crippen LogP contribution in [0.3, 0.4) is 0 Å². The molecule has 0 saturated carbocycles. The van der Waals surface area contributed by atoms with Crippen LogP contribution in [-0.4, -0.2) is 34.4 Å². The molecule has 19 heavy (non-hydrogen) atoms. The maximum absolute atomic E-state index is 11.6. The van der Waals surface area contributed by atoms with Crippen LogP contribution in [0.5, 0.6) is 0 Å². The zero-order chi connectivity index (χ0) is 14.0. The van der Waals surface area contributed by atoms with Crippen molar-refractivity contribution in [1.82, 2.24) is 15.2 Å². The van der Waals surface area contributed by atoms with Crippen LogP contribution in [0.15, 0.2) is 10.8 Å². The van der Waals surface area contributed by atoms with Crippen molar-refractivity contribution < 1.29 is 9.21 Å². The fourth-order valence-electron chi connectivity index (χ4n) is 2.54. The van der Waals surface area contributed by atoms with Gasteiger partial charge in [-0.2, -0.15) is 0 Å². The van der Waals surface area contributed by atoms with Crippen molar-refractivity contribution in [2.24, 2.45) is 0 Å². The number of amides is 1. The van der Waals surface area contributed by atoms with Gasteiger partial charge in [-0.15, -0.1) is 0 Å². The molecule has 0 aliphatic carbocycles. The molecular formula is C14H23N3O2. The quantitative estimate of drug-likeness (QED) is 0.907. The molecule has 1 aromatic heterocycles. The second-order valence-corrected chi connectivity index (χ2v) is 6.08. The van der Waals surface area contributed by atoms with Gasteiger partial charge in [0.05, 0.1) is 5.69 Å². The van der Waals surface area contributed by atoms with Crippen molar-refractivity contribution in [3.63, 3.8) is 0 Å². The first-order valence-corrected chi connectivity index (χ1v) is 6.84. The molecule has 1 saturated heterocycles. The molecule has 2 heterocycles. The van der Waals surface area contributed by atoms with Gasteiger partial charge in [-0.05, 0) is 13.8 Å². The van der Waals surface area contributed by atoms with E-state index < -0.39 is 0 Å². The molecule has 106 valence electrons. The van der Waals surface area contributed by atoms with Gasteiger partial charge in [-0.3, -0.25) is 9.69 Å². The third kappa shape index (κ3) is 3.15. The van der Waals surface area contributed by atoms with Gasteiger partial charge in [0, 0.05) is 37.5 Å². The minimum absolute atomic E-state index is 0.122. The number of nitrogens with one attached hydrogen (secondary N) is 1. The summed E-state index contributed by atoms with van der Waals surface area (Å²) in [5, 5.41) is 2.92. The molecule has 0 radical (unpaired) electrons. The SMILES string of the molecule is CC(C)c1ocnc1CN1CCNC(=O)CC1(C)C. The van der Waals surface area contributed by atoms with E-state index in [1.807, 2.05) is 0 Å². The largest absolute Gasteiger partial charge is 0.448 e. The van der Waals surface area contributed by atoms with E-state index in [4.69, 9.17) is 4.42 Å². The summed E-state index contributed by atoms with van der Waals surface area (Å²) in [5.41, 5.74) is 0.825. The van der Waals surface area contributed by atoms with Crippen LogP contribution in [-0.2, 0) is 11.3 Å². The Balaban J connectivity index is 2.16. The number of nitrogens with zero attached hydrogens (tertiary/aromatic N) is 2. The van der Waals surface area contributed by atoms with Crippen LogP contribution in [0.2, 0.25) is 0 Å². The summed E-state index contributed by atoms with van der Waals surface area (Å²) >= 11 is 0. The topological polar surface area (TPSA) is 58.4 Å². The molecule has 0 bridgehead atoms. The summed E-state index contributed by atoms with van der Waals surface area (Å²) in [4.78, 5) is 18.3. The number of carbonyl (C=O) groups is 1. The monoisotopic (exact) mass is 265 g/mol. The molecule has 0 spiro atoms. The van der Waals surface area contributed by atoms with Crippen LogP contribution in [0.1, 0.15) is 51.5 Å². The van der Waals surface area contributed by atoms with Crippen molar-refractivity contribution in [3.8, 4) is 0 Å². The summed E-state index contributed by atoms with van der Waals surface area (Å²) in [6.07, 6.45) is 2.03. The second-order valence-electron chi connectivity index (χ2n) is 6.08. The number of oxazole rings is 1. The van der Waals surface area contributed by atoms with Gasteiger partial charge in [0.15, 0.2) is 6.39 Å². The minimum Gasteiger partial charge on any atom is -0.448 e. The number of rotatable bonds is 3. The van der Waals surface area contributed by atoms with Gasteiger partial charge in [0.2, 0.25) is 5.91 Å². The third-order valence-corrected chi connectivity index (χ3v) is 3.69. The molecule has 0 unspecified atom stereocenters. The molecule has 1 N–H and O–H groups in total. The average Bonchev–Trinajstić information content (AvgIpc) is 2.70. The molecule has 0 atom stereocenters. The molecular weight excluding hydrogens is 242 g/mol. The molecule has 1 aromatic rings. The number of hydrogen-bond acceptors (Lipinski definition) is 4. The highest BCUT2D eigenvalue weighted by atomic mass is 16.3.